The maximum Gasteiger partial charge on any atom is 0.318 e. The molecular formula is C14H21NO3S. The monoisotopic (exact) mass is 283 g/mol. The first-order valence-corrected chi connectivity index (χ1v) is 7.65. The number of carbonyl (C=O) groups excluding carboxylic acids is 1. The molecule has 2 N–H and O–H groups in total. The zero-order valence-electron chi connectivity index (χ0n) is 11.5. The minimum Gasteiger partial charge on any atom is -0.501 e. The smallest absolute Gasteiger partial charge is 0.318 e. The minimum atomic E-state index is -0.346. The molecule has 0 amide bonds. The van der Waals surface area contributed by atoms with Gasteiger partial charge in [0.15, 0.2) is 0 Å². The lowest BCUT2D eigenvalue weighted by molar-refractivity contribution is -0.145. The third kappa shape index (κ3) is 2.98. The number of rotatable bonds is 4. The number of hydrogen-bond acceptors (Lipinski definition) is 5. The van der Waals surface area contributed by atoms with Gasteiger partial charge in [0.2, 0.25) is 0 Å². The summed E-state index contributed by atoms with van der Waals surface area (Å²) in [4.78, 5) is 14.4. The fraction of sp³-hybridized carbons (Fsp3) is 0.643. The van der Waals surface area contributed by atoms with Gasteiger partial charge in [0.05, 0.1) is 19.5 Å². The van der Waals surface area contributed by atoms with Crippen LogP contribution in [0, 0.1) is 5.92 Å². The molecule has 19 heavy (non-hydrogen) atoms. The minimum absolute atomic E-state index is 0.0295. The third-order valence-electron chi connectivity index (χ3n) is 3.37. The molecule has 0 fully saturated rings. The van der Waals surface area contributed by atoms with Crippen molar-refractivity contribution in [1.29, 1.82) is 0 Å². The zero-order chi connectivity index (χ0) is 13.8. The van der Waals surface area contributed by atoms with E-state index in [1.807, 2.05) is 13.8 Å². The van der Waals surface area contributed by atoms with Crippen LogP contribution in [0.4, 0.5) is 0 Å². The molecule has 1 aliphatic carbocycles. The van der Waals surface area contributed by atoms with E-state index in [2.05, 4.69) is 0 Å². The van der Waals surface area contributed by atoms with E-state index >= 15 is 0 Å². The number of ether oxygens (including phenoxy) is 2. The molecule has 0 bridgehead atoms. The van der Waals surface area contributed by atoms with Gasteiger partial charge in [-0.1, -0.05) is 11.8 Å². The summed E-state index contributed by atoms with van der Waals surface area (Å²) in [6.07, 6.45) is 4.73. The van der Waals surface area contributed by atoms with Crippen LogP contribution in [0.2, 0.25) is 0 Å². The topological polar surface area (TPSA) is 61.5 Å². The van der Waals surface area contributed by atoms with Crippen molar-refractivity contribution in [1.82, 2.24) is 0 Å². The number of thioether (sulfide) groups is 1. The molecule has 4 nitrogen and oxygen atoms in total. The molecule has 2 rings (SSSR count). The SMILES string of the molecule is CCOC=C1SC2=C(C(N)CCC2)C1C(=O)OCC. The van der Waals surface area contributed by atoms with Gasteiger partial charge >= 0.3 is 5.97 Å². The van der Waals surface area contributed by atoms with E-state index in [9.17, 15) is 4.79 Å². The predicted molar refractivity (Wildman–Crippen MR) is 76.3 cm³/mol. The maximum absolute atomic E-state index is 12.2. The molecule has 0 spiro atoms. The lowest BCUT2D eigenvalue weighted by Gasteiger charge is -2.23. The Balaban J connectivity index is 2.28. The number of nitrogens with two attached hydrogens (primary N) is 1. The van der Waals surface area contributed by atoms with E-state index in [-0.39, 0.29) is 17.9 Å². The van der Waals surface area contributed by atoms with Crippen LogP contribution in [0.1, 0.15) is 33.1 Å². The Morgan fingerprint density at radius 3 is 2.95 bits per heavy atom. The fourth-order valence-electron chi connectivity index (χ4n) is 2.55. The Kier molecular flexibility index (Phi) is 4.93. The van der Waals surface area contributed by atoms with Crippen LogP contribution in [0.25, 0.3) is 0 Å². The molecule has 2 aliphatic rings. The molecular weight excluding hydrogens is 262 g/mol. The Bertz CT molecular complexity index is 417. The van der Waals surface area contributed by atoms with Crippen molar-refractivity contribution in [2.75, 3.05) is 13.2 Å². The molecule has 0 aromatic heterocycles. The Labute approximate surface area is 118 Å². The van der Waals surface area contributed by atoms with E-state index in [0.717, 1.165) is 29.7 Å². The van der Waals surface area contributed by atoms with Gasteiger partial charge < -0.3 is 15.2 Å². The molecule has 0 radical (unpaired) electrons. The summed E-state index contributed by atoms with van der Waals surface area (Å²) in [6, 6.07) is -0.0295. The maximum atomic E-state index is 12.2. The molecule has 1 aliphatic heterocycles. The van der Waals surface area contributed by atoms with Gasteiger partial charge in [-0.25, -0.2) is 0 Å². The van der Waals surface area contributed by atoms with Crippen molar-refractivity contribution in [3.8, 4) is 0 Å². The highest BCUT2D eigenvalue weighted by molar-refractivity contribution is 8.07. The normalized spacial score (nSPS) is 28.5. The Morgan fingerprint density at radius 2 is 2.26 bits per heavy atom. The predicted octanol–water partition coefficient (Wildman–Crippen LogP) is 2.56. The largest absolute Gasteiger partial charge is 0.501 e. The number of esters is 1. The first kappa shape index (κ1) is 14.5. The molecule has 0 aromatic carbocycles. The number of allylic oxidation sites excluding steroid dienone is 1. The number of carbonyl (C=O) groups is 1. The molecule has 106 valence electrons. The second kappa shape index (κ2) is 6.48. The fourth-order valence-corrected chi connectivity index (χ4v) is 3.93. The molecule has 2 unspecified atom stereocenters. The average Bonchev–Trinajstić information content (AvgIpc) is 2.76. The van der Waals surface area contributed by atoms with E-state index in [1.54, 1.807) is 18.0 Å². The number of hydrogen-bond donors (Lipinski definition) is 1. The first-order valence-electron chi connectivity index (χ1n) is 6.83. The highest BCUT2D eigenvalue weighted by Gasteiger charge is 2.41. The summed E-state index contributed by atoms with van der Waals surface area (Å²) >= 11 is 1.64. The lowest BCUT2D eigenvalue weighted by Crippen LogP contribution is -2.32. The third-order valence-corrected chi connectivity index (χ3v) is 4.62. The first-order chi connectivity index (χ1) is 9.19. The standard InChI is InChI=1S/C14H21NO3S/c1-3-17-8-11-13(14(16)18-4-2)12-9(15)6-5-7-10(12)19-11/h8-9,13H,3-7,15H2,1-2H3. The van der Waals surface area contributed by atoms with Crippen molar-refractivity contribution in [2.24, 2.45) is 11.7 Å². The highest BCUT2D eigenvalue weighted by atomic mass is 32.2. The molecule has 0 saturated carbocycles. The van der Waals surface area contributed by atoms with Crippen molar-refractivity contribution < 1.29 is 14.3 Å². The van der Waals surface area contributed by atoms with Crippen molar-refractivity contribution in [3.63, 3.8) is 0 Å². The lowest BCUT2D eigenvalue weighted by atomic mass is 9.85. The summed E-state index contributed by atoms with van der Waals surface area (Å²) in [5.41, 5.74) is 7.24. The van der Waals surface area contributed by atoms with Crippen LogP contribution >= 0.6 is 11.8 Å². The second-order valence-corrected chi connectivity index (χ2v) is 5.81. The summed E-state index contributed by atoms with van der Waals surface area (Å²) in [7, 11) is 0. The summed E-state index contributed by atoms with van der Waals surface area (Å²) in [6.45, 7) is 4.73. The molecule has 0 aromatic rings. The van der Waals surface area contributed by atoms with Crippen molar-refractivity contribution in [2.45, 2.75) is 39.2 Å². The zero-order valence-corrected chi connectivity index (χ0v) is 12.3. The van der Waals surface area contributed by atoms with Gasteiger partial charge in [-0.05, 0) is 43.6 Å². The van der Waals surface area contributed by atoms with Gasteiger partial charge in [0.1, 0.15) is 5.92 Å². The molecule has 5 heteroatoms. The van der Waals surface area contributed by atoms with Gasteiger partial charge in [0, 0.05) is 10.9 Å². The van der Waals surface area contributed by atoms with Crippen molar-refractivity contribution in [3.05, 3.63) is 21.6 Å². The van der Waals surface area contributed by atoms with E-state index in [0.29, 0.717) is 13.2 Å². The molecule has 1 heterocycles. The Hall–Kier alpha value is -0.940. The average molecular weight is 283 g/mol. The van der Waals surface area contributed by atoms with Crippen LogP contribution in [0.5, 0.6) is 0 Å². The van der Waals surface area contributed by atoms with Gasteiger partial charge in [-0.2, -0.15) is 0 Å². The summed E-state index contributed by atoms with van der Waals surface area (Å²) in [5.74, 6) is -0.551. The molecule has 2 atom stereocenters. The van der Waals surface area contributed by atoms with Crippen LogP contribution in [-0.2, 0) is 14.3 Å². The van der Waals surface area contributed by atoms with Gasteiger partial charge in [-0.3, -0.25) is 4.79 Å². The van der Waals surface area contributed by atoms with Gasteiger partial charge in [-0.15, -0.1) is 0 Å². The quantitative estimate of drug-likeness (QED) is 0.634. The van der Waals surface area contributed by atoms with Crippen LogP contribution in [0.15, 0.2) is 21.6 Å². The van der Waals surface area contributed by atoms with E-state index < -0.39 is 0 Å². The Morgan fingerprint density at radius 1 is 1.47 bits per heavy atom. The van der Waals surface area contributed by atoms with Crippen LogP contribution < -0.4 is 5.73 Å². The molecule has 0 saturated heterocycles. The van der Waals surface area contributed by atoms with E-state index in [4.69, 9.17) is 15.2 Å². The highest BCUT2D eigenvalue weighted by Crippen LogP contribution is 2.51. The van der Waals surface area contributed by atoms with Crippen molar-refractivity contribution >= 4 is 17.7 Å². The van der Waals surface area contributed by atoms with Crippen LogP contribution in [-0.4, -0.2) is 25.2 Å². The van der Waals surface area contributed by atoms with E-state index in [1.165, 1.54) is 4.91 Å². The summed E-state index contributed by atoms with van der Waals surface area (Å²) < 4.78 is 10.6. The second-order valence-electron chi connectivity index (χ2n) is 4.64. The van der Waals surface area contributed by atoms with Crippen LogP contribution in [0.3, 0.4) is 0 Å². The summed E-state index contributed by atoms with van der Waals surface area (Å²) in [5, 5.41) is 0. The van der Waals surface area contributed by atoms with Gasteiger partial charge in [0.25, 0.3) is 0 Å².